The van der Waals surface area contributed by atoms with Crippen LogP contribution in [0, 0.1) is 6.92 Å². The molecule has 140 valence electrons. The van der Waals surface area contributed by atoms with Gasteiger partial charge in [-0.15, -0.1) is 0 Å². The van der Waals surface area contributed by atoms with E-state index in [9.17, 15) is 0 Å². The van der Waals surface area contributed by atoms with E-state index < -0.39 is 0 Å². The van der Waals surface area contributed by atoms with Gasteiger partial charge in [-0.25, -0.2) is 4.98 Å². The van der Waals surface area contributed by atoms with E-state index >= 15 is 0 Å². The Balaban J connectivity index is 1.66. The lowest BCUT2D eigenvalue weighted by Gasteiger charge is -2.17. The van der Waals surface area contributed by atoms with Gasteiger partial charge in [-0.3, -0.25) is 4.90 Å². The molecule has 2 aromatic carbocycles. The summed E-state index contributed by atoms with van der Waals surface area (Å²) in [7, 11) is 3.72. The zero-order valence-electron chi connectivity index (χ0n) is 15.9. The monoisotopic (exact) mass is 363 g/mol. The Labute approximate surface area is 160 Å². The Morgan fingerprint density at radius 2 is 1.70 bits per heavy atom. The second-order valence-corrected chi connectivity index (χ2v) is 6.61. The normalized spacial score (nSPS) is 10.8. The zero-order valence-corrected chi connectivity index (χ0v) is 15.9. The third-order valence-corrected chi connectivity index (χ3v) is 4.16. The van der Waals surface area contributed by atoms with Gasteiger partial charge in [-0.05, 0) is 43.8 Å². The summed E-state index contributed by atoms with van der Waals surface area (Å²) in [6.45, 7) is 3.53. The second-order valence-electron chi connectivity index (χ2n) is 6.61. The van der Waals surface area contributed by atoms with Crippen molar-refractivity contribution in [1.82, 2.24) is 14.9 Å². The van der Waals surface area contributed by atoms with E-state index in [4.69, 9.17) is 10.5 Å². The second kappa shape index (κ2) is 8.51. The number of aromatic nitrogens is 2. The van der Waals surface area contributed by atoms with Gasteiger partial charge >= 0.3 is 0 Å². The number of aryl methyl sites for hydroxylation is 1. The SMILES string of the molecule is COc1ccc(CN(C)Cc2cc(Nc3ccc(C)cc3)nc(N)n2)cc1. The summed E-state index contributed by atoms with van der Waals surface area (Å²) in [5.74, 6) is 1.82. The highest BCUT2D eigenvalue weighted by Crippen LogP contribution is 2.18. The maximum absolute atomic E-state index is 5.90. The first-order valence-electron chi connectivity index (χ1n) is 8.80. The summed E-state index contributed by atoms with van der Waals surface area (Å²) in [5.41, 5.74) is 10.2. The molecule has 6 nitrogen and oxygen atoms in total. The number of nitrogens with two attached hydrogens (primary N) is 1. The molecule has 0 amide bonds. The molecule has 0 unspecified atom stereocenters. The van der Waals surface area contributed by atoms with Crippen LogP contribution in [-0.2, 0) is 13.1 Å². The highest BCUT2D eigenvalue weighted by Gasteiger charge is 2.07. The number of anilines is 3. The summed E-state index contributed by atoms with van der Waals surface area (Å²) in [6.07, 6.45) is 0. The molecule has 1 aromatic heterocycles. The lowest BCUT2D eigenvalue weighted by atomic mass is 10.2. The molecule has 0 fully saturated rings. The molecule has 3 rings (SSSR count). The Kier molecular flexibility index (Phi) is 5.88. The fraction of sp³-hybridized carbons (Fsp3) is 0.238. The van der Waals surface area contributed by atoms with Crippen LogP contribution in [0.3, 0.4) is 0 Å². The van der Waals surface area contributed by atoms with Crippen molar-refractivity contribution in [3.8, 4) is 5.75 Å². The molecule has 6 heteroatoms. The van der Waals surface area contributed by atoms with E-state index in [1.165, 1.54) is 11.1 Å². The van der Waals surface area contributed by atoms with E-state index in [1.807, 2.05) is 30.3 Å². The largest absolute Gasteiger partial charge is 0.497 e. The van der Waals surface area contributed by atoms with Crippen molar-refractivity contribution < 1.29 is 4.74 Å². The Morgan fingerprint density at radius 3 is 2.37 bits per heavy atom. The van der Waals surface area contributed by atoms with Gasteiger partial charge in [0.2, 0.25) is 5.95 Å². The standard InChI is InChI=1S/C21H25N5O/c1-15-4-8-17(9-5-15)23-20-12-18(24-21(22)25-20)14-26(2)13-16-6-10-19(27-3)11-7-16/h4-12H,13-14H2,1-3H3,(H3,22,23,24,25). The van der Waals surface area contributed by atoms with Crippen LogP contribution in [0.15, 0.2) is 54.6 Å². The van der Waals surface area contributed by atoms with Crippen LogP contribution in [0.25, 0.3) is 0 Å². The first kappa shape index (κ1) is 18.7. The number of hydrogen-bond acceptors (Lipinski definition) is 6. The van der Waals surface area contributed by atoms with Gasteiger partial charge in [0, 0.05) is 24.8 Å². The van der Waals surface area contributed by atoms with Crippen LogP contribution in [0.4, 0.5) is 17.5 Å². The predicted octanol–water partition coefficient (Wildman–Crippen LogP) is 3.75. The maximum atomic E-state index is 5.90. The number of nitrogens with zero attached hydrogens (tertiary/aromatic N) is 3. The lowest BCUT2D eigenvalue weighted by Crippen LogP contribution is -2.18. The van der Waals surface area contributed by atoms with Gasteiger partial charge in [0.25, 0.3) is 0 Å². The number of nitrogens with one attached hydrogen (secondary N) is 1. The highest BCUT2D eigenvalue weighted by molar-refractivity contribution is 5.57. The number of methoxy groups -OCH3 is 1. The Morgan fingerprint density at radius 1 is 1.00 bits per heavy atom. The van der Waals surface area contributed by atoms with Crippen LogP contribution < -0.4 is 15.8 Å². The number of ether oxygens (including phenoxy) is 1. The van der Waals surface area contributed by atoms with Gasteiger partial charge in [-0.1, -0.05) is 29.8 Å². The quantitative estimate of drug-likeness (QED) is 0.666. The first-order chi connectivity index (χ1) is 13.0. The van der Waals surface area contributed by atoms with E-state index in [0.29, 0.717) is 12.4 Å². The summed E-state index contributed by atoms with van der Waals surface area (Å²) in [5, 5.41) is 3.28. The highest BCUT2D eigenvalue weighted by atomic mass is 16.5. The molecule has 0 aliphatic carbocycles. The summed E-state index contributed by atoms with van der Waals surface area (Å²) in [6, 6.07) is 18.1. The van der Waals surface area contributed by atoms with Crippen molar-refractivity contribution in [2.24, 2.45) is 0 Å². The van der Waals surface area contributed by atoms with Crippen molar-refractivity contribution in [3.05, 3.63) is 71.4 Å². The smallest absolute Gasteiger partial charge is 0.222 e. The topological polar surface area (TPSA) is 76.3 Å². The third kappa shape index (κ3) is 5.43. The average molecular weight is 363 g/mol. The molecule has 3 N–H and O–H groups in total. The molecular formula is C21H25N5O. The van der Waals surface area contributed by atoms with Crippen molar-refractivity contribution in [1.29, 1.82) is 0 Å². The van der Waals surface area contributed by atoms with Crippen molar-refractivity contribution in [2.75, 3.05) is 25.2 Å². The Bertz CT molecular complexity index is 878. The van der Waals surface area contributed by atoms with Crippen LogP contribution >= 0.6 is 0 Å². The van der Waals surface area contributed by atoms with E-state index in [0.717, 1.165) is 23.7 Å². The van der Waals surface area contributed by atoms with E-state index in [-0.39, 0.29) is 5.95 Å². The average Bonchev–Trinajstić information content (AvgIpc) is 2.63. The van der Waals surface area contributed by atoms with Gasteiger partial charge in [0.1, 0.15) is 11.6 Å². The molecule has 3 aromatic rings. The molecule has 0 aliphatic heterocycles. The van der Waals surface area contributed by atoms with Crippen LogP contribution in [0.1, 0.15) is 16.8 Å². The number of hydrogen-bond donors (Lipinski definition) is 2. The molecular weight excluding hydrogens is 338 g/mol. The summed E-state index contributed by atoms with van der Waals surface area (Å²) in [4.78, 5) is 10.8. The molecule has 0 spiro atoms. The summed E-state index contributed by atoms with van der Waals surface area (Å²) >= 11 is 0. The molecule has 0 bridgehead atoms. The maximum Gasteiger partial charge on any atom is 0.222 e. The fourth-order valence-corrected chi connectivity index (χ4v) is 2.82. The minimum Gasteiger partial charge on any atom is -0.497 e. The van der Waals surface area contributed by atoms with Crippen molar-refractivity contribution in [2.45, 2.75) is 20.0 Å². The van der Waals surface area contributed by atoms with Gasteiger partial charge in [0.15, 0.2) is 0 Å². The molecule has 0 atom stereocenters. The summed E-state index contributed by atoms with van der Waals surface area (Å²) < 4.78 is 5.20. The molecule has 0 aliphatic rings. The molecule has 0 radical (unpaired) electrons. The number of rotatable bonds is 7. The van der Waals surface area contributed by atoms with Crippen LogP contribution in [-0.4, -0.2) is 29.0 Å². The first-order valence-corrected chi connectivity index (χ1v) is 8.80. The lowest BCUT2D eigenvalue weighted by molar-refractivity contribution is 0.315. The fourth-order valence-electron chi connectivity index (χ4n) is 2.82. The molecule has 1 heterocycles. The van der Waals surface area contributed by atoms with Gasteiger partial charge in [0.05, 0.1) is 12.8 Å². The van der Waals surface area contributed by atoms with Crippen molar-refractivity contribution in [3.63, 3.8) is 0 Å². The molecule has 0 saturated heterocycles. The number of nitrogen functional groups attached to an aromatic ring is 1. The van der Waals surface area contributed by atoms with Gasteiger partial charge < -0.3 is 15.8 Å². The predicted molar refractivity (Wildman–Crippen MR) is 109 cm³/mol. The van der Waals surface area contributed by atoms with Gasteiger partial charge in [-0.2, -0.15) is 4.98 Å². The molecule has 0 saturated carbocycles. The van der Waals surface area contributed by atoms with Crippen LogP contribution in [0.2, 0.25) is 0 Å². The van der Waals surface area contributed by atoms with Crippen LogP contribution in [0.5, 0.6) is 5.75 Å². The third-order valence-electron chi connectivity index (χ3n) is 4.16. The minimum atomic E-state index is 0.264. The van der Waals surface area contributed by atoms with E-state index in [1.54, 1.807) is 7.11 Å². The number of benzene rings is 2. The minimum absolute atomic E-state index is 0.264. The van der Waals surface area contributed by atoms with E-state index in [2.05, 4.69) is 58.4 Å². The zero-order chi connectivity index (χ0) is 19.2. The van der Waals surface area contributed by atoms with Crippen molar-refractivity contribution >= 4 is 17.5 Å². The molecule has 27 heavy (non-hydrogen) atoms. The Hall–Kier alpha value is -3.12.